The highest BCUT2D eigenvalue weighted by Crippen LogP contribution is 2.51. The highest BCUT2D eigenvalue weighted by Gasteiger charge is 2.42. The summed E-state index contributed by atoms with van der Waals surface area (Å²) in [7, 11) is -2.69. The molecule has 0 atom stereocenters. The molecule has 57 heavy (non-hydrogen) atoms. The summed E-state index contributed by atoms with van der Waals surface area (Å²) in [6, 6.07) is 79.7. The Balaban J connectivity index is 1.11. The molecule has 0 aliphatic heterocycles. The molecule has 10 aromatic rings. The standard InChI is InChI=1S/C55H41NSi/c1-55(2)51-26-16-15-25-49(51)50-32-31-43(37-52(50)55)56(42-17-7-3-8-18-42)44-33-38-27-29-40-35-48(36-41-30-28-39(34-44)53(38)54(40)41)57(45-19-9-4-10-20-45,46-21-11-5-12-22-46)47-23-13-6-14-24-47/h3-37H,1-2H3. The van der Waals surface area contributed by atoms with E-state index in [1.54, 1.807) is 0 Å². The van der Waals surface area contributed by atoms with Crippen molar-refractivity contribution in [1.82, 2.24) is 0 Å². The van der Waals surface area contributed by atoms with Gasteiger partial charge in [0, 0.05) is 22.5 Å². The van der Waals surface area contributed by atoms with Crippen LogP contribution in [0.2, 0.25) is 0 Å². The predicted octanol–water partition coefficient (Wildman–Crippen LogP) is 11.7. The minimum absolute atomic E-state index is 0.0848. The Kier molecular flexibility index (Phi) is 7.61. The van der Waals surface area contributed by atoms with Crippen molar-refractivity contribution in [3.05, 3.63) is 223 Å². The van der Waals surface area contributed by atoms with Gasteiger partial charge < -0.3 is 4.90 Å². The summed E-state index contributed by atoms with van der Waals surface area (Å²) in [5.74, 6) is 0. The molecule has 0 saturated carbocycles. The molecule has 0 spiro atoms. The summed E-state index contributed by atoms with van der Waals surface area (Å²) >= 11 is 0. The lowest BCUT2D eigenvalue weighted by atomic mass is 9.82. The second-order valence-corrected chi connectivity index (χ2v) is 19.9. The van der Waals surface area contributed by atoms with Crippen LogP contribution in [0.5, 0.6) is 0 Å². The van der Waals surface area contributed by atoms with Gasteiger partial charge in [-0.05, 0) is 112 Å². The zero-order valence-corrected chi connectivity index (χ0v) is 33.2. The number of benzene rings is 10. The summed E-state index contributed by atoms with van der Waals surface area (Å²) < 4.78 is 0. The van der Waals surface area contributed by atoms with Crippen molar-refractivity contribution in [2.24, 2.45) is 0 Å². The number of hydrogen-bond donors (Lipinski definition) is 0. The lowest BCUT2D eigenvalue weighted by Crippen LogP contribution is -2.74. The normalized spacial score (nSPS) is 13.2. The Hall–Kier alpha value is -6.74. The van der Waals surface area contributed by atoms with Gasteiger partial charge in [-0.1, -0.05) is 190 Å². The van der Waals surface area contributed by atoms with E-state index in [2.05, 4.69) is 231 Å². The number of hydrogen-bond acceptors (Lipinski definition) is 1. The van der Waals surface area contributed by atoms with Crippen molar-refractivity contribution in [2.45, 2.75) is 19.3 Å². The van der Waals surface area contributed by atoms with Gasteiger partial charge in [0.2, 0.25) is 0 Å². The van der Waals surface area contributed by atoms with Gasteiger partial charge in [0.05, 0.1) is 0 Å². The summed E-state index contributed by atoms with van der Waals surface area (Å²) in [6.45, 7) is 4.72. The highest BCUT2D eigenvalue weighted by atomic mass is 28.3. The third-order valence-electron chi connectivity index (χ3n) is 12.7. The van der Waals surface area contributed by atoms with E-state index >= 15 is 0 Å². The van der Waals surface area contributed by atoms with E-state index in [-0.39, 0.29) is 5.41 Å². The average molecular weight is 744 g/mol. The van der Waals surface area contributed by atoms with Crippen molar-refractivity contribution in [3.63, 3.8) is 0 Å². The first-order chi connectivity index (χ1) is 28.0. The molecule has 11 rings (SSSR count). The molecule has 2 heteroatoms. The van der Waals surface area contributed by atoms with E-state index in [1.807, 2.05) is 0 Å². The Morgan fingerprint density at radius 3 is 1.30 bits per heavy atom. The van der Waals surface area contributed by atoms with Crippen LogP contribution in [-0.4, -0.2) is 8.07 Å². The first-order valence-corrected chi connectivity index (χ1v) is 22.0. The van der Waals surface area contributed by atoms with E-state index < -0.39 is 8.07 Å². The minimum atomic E-state index is -2.69. The molecule has 0 fully saturated rings. The number of fused-ring (bicyclic) bond motifs is 3. The first kappa shape index (κ1) is 33.6. The van der Waals surface area contributed by atoms with Gasteiger partial charge in [0.1, 0.15) is 0 Å². The number of rotatable bonds is 7. The van der Waals surface area contributed by atoms with E-state index in [0.717, 1.165) is 11.4 Å². The summed E-state index contributed by atoms with van der Waals surface area (Å²) in [4.78, 5) is 2.44. The smallest absolute Gasteiger partial charge is 0.179 e. The molecular formula is C55H41NSi. The maximum Gasteiger partial charge on any atom is 0.179 e. The maximum atomic E-state index is 2.51. The largest absolute Gasteiger partial charge is 0.310 e. The van der Waals surface area contributed by atoms with Crippen LogP contribution < -0.4 is 25.6 Å². The van der Waals surface area contributed by atoms with Gasteiger partial charge >= 0.3 is 0 Å². The van der Waals surface area contributed by atoms with Gasteiger partial charge in [-0.3, -0.25) is 0 Å². The van der Waals surface area contributed by atoms with Gasteiger partial charge in [-0.25, -0.2) is 0 Å². The molecule has 0 amide bonds. The molecule has 0 radical (unpaired) electrons. The summed E-state index contributed by atoms with van der Waals surface area (Å²) in [6.07, 6.45) is 0. The minimum Gasteiger partial charge on any atom is -0.310 e. The Bertz CT molecular complexity index is 2920. The molecule has 0 N–H and O–H groups in total. The lowest BCUT2D eigenvalue weighted by molar-refractivity contribution is 0.660. The van der Waals surface area contributed by atoms with Gasteiger partial charge in [0.15, 0.2) is 8.07 Å². The van der Waals surface area contributed by atoms with Crippen LogP contribution in [0.1, 0.15) is 25.0 Å². The summed E-state index contributed by atoms with van der Waals surface area (Å²) in [5.41, 5.74) is 8.83. The fourth-order valence-electron chi connectivity index (χ4n) is 10.1. The fraction of sp³-hybridized carbons (Fsp3) is 0.0545. The average Bonchev–Trinajstić information content (AvgIpc) is 3.50. The molecule has 10 aromatic carbocycles. The van der Waals surface area contributed by atoms with Crippen molar-refractivity contribution in [3.8, 4) is 11.1 Å². The third-order valence-corrected chi connectivity index (χ3v) is 17.4. The summed E-state index contributed by atoms with van der Waals surface area (Å²) in [5, 5.41) is 13.3. The van der Waals surface area contributed by atoms with Crippen LogP contribution in [-0.2, 0) is 5.41 Å². The molecule has 0 bridgehead atoms. The number of nitrogens with zero attached hydrogens (tertiary/aromatic N) is 1. The van der Waals surface area contributed by atoms with Crippen molar-refractivity contribution >= 4 is 78.2 Å². The third kappa shape index (κ3) is 5.07. The predicted molar refractivity (Wildman–Crippen MR) is 246 cm³/mol. The van der Waals surface area contributed by atoms with E-state index in [1.165, 1.54) is 81.0 Å². The second kappa shape index (κ2) is 12.9. The van der Waals surface area contributed by atoms with Crippen LogP contribution in [0, 0.1) is 0 Å². The molecule has 0 unspecified atom stereocenters. The fourth-order valence-corrected chi connectivity index (χ4v) is 14.9. The SMILES string of the molecule is CC1(C)c2ccccc2-c2ccc(N(c3ccccc3)c3cc4ccc5cc([Si](c6ccccc6)(c6ccccc6)c6ccccc6)cc6ccc(c3)c4c56)cc21. The quantitative estimate of drug-likeness (QED) is 0.0893. The Morgan fingerprint density at radius 2 is 0.772 bits per heavy atom. The molecular weight excluding hydrogens is 703 g/mol. The molecule has 1 nitrogen and oxygen atoms in total. The topological polar surface area (TPSA) is 3.24 Å². The van der Waals surface area contributed by atoms with E-state index in [4.69, 9.17) is 0 Å². The second-order valence-electron chi connectivity index (χ2n) is 16.1. The molecule has 1 aliphatic carbocycles. The number of anilines is 3. The molecule has 0 saturated heterocycles. The van der Waals surface area contributed by atoms with Crippen molar-refractivity contribution < 1.29 is 0 Å². The zero-order valence-electron chi connectivity index (χ0n) is 32.2. The van der Waals surface area contributed by atoms with Crippen molar-refractivity contribution in [2.75, 3.05) is 4.90 Å². The highest BCUT2D eigenvalue weighted by molar-refractivity contribution is 7.20. The maximum absolute atomic E-state index is 2.69. The van der Waals surface area contributed by atoms with Gasteiger partial charge in [-0.2, -0.15) is 0 Å². The van der Waals surface area contributed by atoms with Crippen LogP contribution in [0.3, 0.4) is 0 Å². The van der Waals surface area contributed by atoms with E-state index in [9.17, 15) is 0 Å². The zero-order chi connectivity index (χ0) is 38.1. The van der Waals surface area contributed by atoms with Crippen molar-refractivity contribution in [1.29, 1.82) is 0 Å². The molecule has 1 aliphatic rings. The molecule has 0 aromatic heterocycles. The molecule has 270 valence electrons. The van der Waals surface area contributed by atoms with Crippen LogP contribution in [0.4, 0.5) is 17.1 Å². The van der Waals surface area contributed by atoms with Crippen LogP contribution in [0.25, 0.3) is 43.4 Å². The number of para-hydroxylation sites is 1. The van der Waals surface area contributed by atoms with Crippen LogP contribution >= 0.6 is 0 Å². The molecule has 0 heterocycles. The monoisotopic (exact) mass is 743 g/mol. The van der Waals surface area contributed by atoms with Crippen LogP contribution in [0.15, 0.2) is 212 Å². The van der Waals surface area contributed by atoms with Gasteiger partial charge in [0.25, 0.3) is 0 Å². The lowest BCUT2D eigenvalue weighted by Gasteiger charge is -2.35. The Morgan fingerprint density at radius 1 is 0.333 bits per heavy atom. The Labute approximate surface area is 335 Å². The van der Waals surface area contributed by atoms with Gasteiger partial charge in [-0.15, -0.1) is 0 Å². The first-order valence-electron chi connectivity index (χ1n) is 20.0. The van der Waals surface area contributed by atoms with E-state index in [0.29, 0.717) is 0 Å².